The molecule has 0 aliphatic heterocycles. The van der Waals surface area contributed by atoms with Gasteiger partial charge in [0.05, 0.1) is 11.3 Å². The van der Waals surface area contributed by atoms with Crippen LogP contribution in [0.25, 0.3) is 16.1 Å². The Morgan fingerprint density at radius 2 is 2.21 bits per heavy atom. The van der Waals surface area contributed by atoms with E-state index in [-0.39, 0.29) is 11.5 Å². The third-order valence-corrected chi connectivity index (χ3v) is 4.06. The van der Waals surface area contributed by atoms with E-state index in [1.54, 1.807) is 17.4 Å². The molecule has 0 bridgehead atoms. The lowest BCUT2D eigenvalue weighted by Crippen LogP contribution is -2.16. The van der Waals surface area contributed by atoms with Crippen molar-refractivity contribution in [2.75, 3.05) is 0 Å². The number of nitrogens with one attached hydrogen (secondary N) is 1. The lowest BCUT2D eigenvalue weighted by atomic mass is 10.1. The van der Waals surface area contributed by atoms with Gasteiger partial charge in [-0.3, -0.25) is 9.89 Å². The molecule has 98 valence electrons. The first-order chi connectivity index (χ1) is 9.08. The minimum absolute atomic E-state index is 0.0559. The summed E-state index contributed by atoms with van der Waals surface area (Å²) in [5, 5.41) is 5.13. The van der Waals surface area contributed by atoms with Crippen LogP contribution in [0.3, 0.4) is 0 Å². The number of nitrogens with zero attached hydrogens (tertiary/aromatic N) is 2. The average Bonchev–Trinajstić information content (AvgIpc) is 2.95. The van der Waals surface area contributed by atoms with Gasteiger partial charge in [-0.05, 0) is 24.3 Å². The number of thiophene rings is 1. The van der Waals surface area contributed by atoms with E-state index in [9.17, 15) is 4.79 Å². The third-order valence-electron chi connectivity index (χ3n) is 3.18. The van der Waals surface area contributed by atoms with Crippen LogP contribution in [-0.2, 0) is 0 Å². The summed E-state index contributed by atoms with van der Waals surface area (Å²) in [6, 6.07) is 5.66. The molecule has 0 atom stereocenters. The average molecular weight is 273 g/mol. The fraction of sp³-hybridized carbons (Fsp3) is 0.286. The number of fused-ring (bicyclic) bond motifs is 1. The SMILES string of the molecule is Cc1[nH]n2c(=O)cc(C(C)C)nc2c1-c1cccs1. The number of hydrogen-bond acceptors (Lipinski definition) is 3. The normalized spacial score (nSPS) is 11.6. The van der Waals surface area contributed by atoms with E-state index >= 15 is 0 Å². The molecule has 0 fully saturated rings. The summed E-state index contributed by atoms with van der Waals surface area (Å²) in [5.41, 5.74) is 3.49. The van der Waals surface area contributed by atoms with Gasteiger partial charge in [-0.1, -0.05) is 19.9 Å². The standard InChI is InChI=1S/C14H15N3OS/c1-8(2)10-7-12(18)17-14(15-10)13(9(3)16-17)11-5-4-6-19-11/h4-8,16H,1-3H3. The summed E-state index contributed by atoms with van der Waals surface area (Å²) in [4.78, 5) is 17.9. The van der Waals surface area contributed by atoms with Crippen molar-refractivity contribution >= 4 is 17.0 Å². The molecule has 5 heteroatoms. The summed E-state index contributed by atoms with van der Waals surface area (Å²) in [5.74, 6) is 0.240. The van der Waals surface area contributed by atoms with Crippen molar-refractivity contribution in [2.45, 2.75) is 26.7 Å². The Morgan fingerprint density at radius 3 is 2.84 bits per heavy atom. The Bertz CT molecular complexity index is 781. The highest BCUT2D eigenvalue weighted by molar-refractivity contribution is 7.13. The second kappa shape index (κ2) is 4.35. The molecule has 4 nitrogen and oxygen atoms in total. The molecule has 0 radical (unpaired) electrons. The van der Waals surface area contributed by atoms with Gasteiger partial charge in [-0.2, -0.15) is 0 Å². The number of aryl methyl sites for hydroxylation is 1. The number of aromatic nitrogens is 3. The number of H-pyrrole nitrogens is 1. The maximum Gasteiger partial charge on any atom is 0.272 e. The topological polar surface area (TPSA) is 50.2 Å². The molecule has 0 aromatic carbocycles. The molecule has 0 spiro atoms. The molecule has 0 saturated heterocycles. The van der Waals surface area contributed by atoms with Gasteiger partial charge in [-0.25, -0.2) is 9.50 Å². The highest BCUT2D eigenvalue weighted by atomic mass is 32.1. The lowest BCUT2D eigenvalue weighted by Gasteiger charge is -2.04. The zero-order chi connectivity index (χ0) is 13.6. The number of aromatic amines is 1. The Hall–Kier alpha value is -1.88. The Labute approximate surface area is 114 Å². The van der Waals surface area contributed by atoms with Gasteiger partial charge in [0.2, 0.25) is 0 Å². The first-order valence-corrected chi connectivity index (χ1v) is 7.12. The first kappa shape index (κ1) is 12.2. The summed E-state index contributed by atoms with van der Waals surface area (Å²) in [6.45, 7) is 6.06. The van der Waals surface area contributed by atoms with Crippen molar-refractivity contribution in [1.29, 1.82) is 0 Å². The van der Waals surface area contributed by atoms with Gasteiger partial charge in [0.15, 0.2) is 5.65 Å². The van der Waals surface area contributed by atoms with E-state index in [2.05, 4.69) is 16.1 Å². The number of hydrogen-bond donors (Lipinski definition) is 1. The largest absolute Gasteiger partial charge is 0.293 e. The third kappa shape index (κ3) is 1.90. The summed E-state index contributed by atoms with van der Waals surface area (Å²) in [6.07, 6.45) is 0. The molecule has 19 heavy (non-hydrogen) atoms. The van der Waals surface area contributed by atoms with E-state index in [1.807, 2.05) is 32.2 Å². The maximum atomic E-state index is 12.1. The fourth-order valence-corrected chi connectivity index (χ4v) is 3.00. The predicted octanol–water partition coefficient (Wildman–Crippen LogP) is 3.18. The second-order valence-electron chi connectivity index (χ2n) is 4.92. The van der Waals surface area contributed by atoms with Crippen molar-refractivity contribution in [2.24, 2.45) is 0 Å². The zero-order valence-corrected chi connectivity index (χ0v) is 11.9. The monoisotopic (exact) mass is 273 g/mol. The molecule has 3 aromatic heterocycles. The van der Waals surface area contributed by atoms with Crippen molar-refractivity contribution in [1.82, 2.24) is 14.6 Å². The van der Waals surface area contributed by atoms with Crippen LogP contribution < -0.4 is 5.56 Å². The second-order valence-corrected chi connectivity index (χ2v) is 5.87. The van der Waals surface area contributed by atoms with Crippen molar-refractivity contribution in [3.8, 4) is 10.4 Å². The van der Waals surface area contributed by atoms with Crippen molar-refractivity contribution in [3.05, 3.63) is 45.3 Å². The van der Waals surface area contributed by atoms with Crippen molar-refractivity contribution in [3.63, 3.8) is 0 Å². The first-order valence-electron chi connectivity index (χ1n) is 6.24. The van der Waals surface area contributed by atoms with Gasteiger partial charge in [0.1, 0.15) is 0 Å². The highest BCUT2D eigenvalue weighted by Gasteiger charge is 2.16. The zero-order valence-electron chi connectivity index (χ0n) is 11.1. The van der Waals surface area contributed by atoms with E-state index in [1.165, 1.54) is 4.52 Å². The van der Waals surface area contributed by atoms with E-state index < -0.39 is 0 Å². The van der Waals surface area contributed by atoms with E-state index in [0.717, 1.165) is 27.5 Å². The fourth-order valence-electron chi connectivity index (χ4n) is 2.18. The van der Waals surface area contributed by atoms with Crippen LogP contribution in [0, 0.1) is 6.92 Å². The minimum Gasteiger partial charge on any atom is -0.293 e. The van der Waals surface area contributed by atoms with Crippen LogP contribution >= 0.6 is 11.3 Å². The number of rotatable bonds is 2. The molecule has 0 aliphatic rings. The van der Waals surface area contributed by atoms with Gasteiger partial charge >= 0.3 is 0 Å². The van der Waals surface area contributed by atoms with Crippen LogP contribution in [0.15, 0.2) is 28.4 Å². The molecular weight excluding hydrogens is 258 g/mol. The summed E-state index contributed by atoms with van der Waals surface area (Å²) in [7, 11) is 0. The Morgan fingerprint density at radius 1 is 1.42 bits per heavy atom. The molecule has 1 N–H and O–H groups in total. The smallest absolute Gasteiger partial charge is 0.272 e. The van der Waals surface area contributed by atoms with Crippen molar-refractivity contribution < 1.29 is 0 Å². The Kier molecular flexibility index (Phi) is 2.78. The Balaban J connectivity index is 2.39. The molecule has 0 amide bonds. The molecule has 3 rings (SSSR count). The van der Waals surface area contributed by atoms with Crippen LogP contribution in [0.5, 0.6) is 0 Å². The van der Waals surface area contributed by atoms with Crippen LogP contribution in [0.1, 0.15) is 31.2 Å². The van der Waals surface area contributed by atoms with Gasteiger partial charge in [-0.15, -0.1) is 11.3 Å². The molecule has 0 unspecified atom stereocenters. The van der Waals surface area contributed by atoms with Gasteiger partial charge in [0, 0.05) is 16.6 Å². The van der Waals surface area contributed by atoms with Gasteiger partial charge in [0.25, 0.3) is 5.56 Å². The lowest BCUT2D eigenvalue weighted by molar-refractivity contribution is 0.794. The maximum absolute atomic E-state index is 12.1. The van der Waals surface area contributed by atoms with Crippen LogP contribution in [0.2, 0.25) is 0 Å². The predicted molar refractivity (Wildman–Crippen MR) is 78.0 cm³/mol. The van der Waals surface area contributed by atoms with E-state index in [0.29, 0.717) is 0 Å². The van der Waals surface area contributed by atoms with Crippen LogP contribution in [-0.4, -0.2) is 14.6 Å². The molecule has 3 heterocycles. The van der Waals surface area contributed by atoms with Gasteiger partial charge < -0.3 is 0 Å². The van der Waals surface area contributed by atoms with Crippen LogP contribution in [0.4, 0.5) is 0 Å². The molecule has 0 aliphatic carbocycles. The molecular formula is C14H15N3OS. The minimum atomic E-state index is -0.0559. The summed E-state index contributed by atoms with van der Waals surface area (Å²) >= 11 is 1.65. The molecule has 3 aromatic rings. The quantitative estimate of drug-likeness (QED) is 0.779. The molecule has 0 saturated carbocycles. The van der Waals surface area contributed by atoms with E-state index in [4.69, 9.17) is 0 Å². The highest BCUT2D eigenvalue weighted by Crippen LogP contribution is 2.30. The summed E-state index contributed by atoms with van der Waals surface area (Å²) < 4.78 is 1.52.